The summed E-state index contributed by atoms with van der Waals surface area (Å²) in [6.45, 7) is -1.85. The van der Waals surface area contributed by atoms with Gasteiger partial charge in [0.25, 0.3) is 0 Å². The molecule has 63 heavy (non-hydrogen) atoms. The second kappa shape index (κ2) is 19.3. The van der Waals surface area contributed by atoms with Crippen molar-refractivity contribution in [1.82, 2.24) is 13.7 Å². The molecule has 7 aromatic rings. The molecule has 3 N–H and O–H groups in total. The molecule has 6 aromatic carbocycles. The lowest BCUT2D eigenvalue weighted by molar-refractivity contribution is 0.102. The third-order valence-electron chi connectivity index (χ3n) is 9.89. The average molecular weight is 850 g/mol. The summed E-state index contributed by atoms with van der Waals surface area (Å²) in [7, 11) is 0. The zero-order chi connectivity index (χ0) is 44.5. The van der Waals surface area contributed by atoms with Crippen molar-refractivity contribution in [3.8, 4) is 34.5 Å². The molecular formula is C48H39N3O12. The van der Waals surface area contributed by atoms with E-state index in [2.05, 4.69) is 0 Å². The maximum Gasteiger partial charge on any atom is 0.336 e. The number of ether oxygens (including phenoxy) is 3. The Hall–Kier alpha value is -8.46. The molecule has 7 rings (SSSR count). The van der Waals surface area contributed by atoms with Crippen LogP contribution in [-0.2, 0) is 19.6 Å². The summed E-state index contributed by atoms with van der Waals surface area (Å²) >= 11 is 0. The van der Waals surface area contributed by atoms with Crippen LogP contribution in [0.15, 0.2) is 160 Å². The van der Waals surface area contributed by atoms with Crippen LogP contribution in [0.25, 0.3) is 0 Å². The molecule has 0 saturated carbocycles. The number of aromatic nitrogens is 3. The summed E-state index contributed by atoms with van der Waals surface area (Å²) in [5.41, 5.74) is -1.67. The van der Waals surface area contributed by atoms with Crippen molar-refractivity contribution >= 4 is 17.3 Å². The molecule has 0 saturated heterocycles. The van der Waals surface area contributed by atoms with Crippen molar-refractivity contribution in [3.63, 3.8) is 0 Å². The number of benzene rings is 6. The Morgan fingerprint density at radius 1 is 0.381 bits per heavy atom. The second-order valence-electron chi connectivity index (χ2n) is 14.0. The summed E-state index contributed by atoms with van der Waals surface area (Å²) in [5.74, 6) is -1.81. The van der Waals surface area contributed by atoms with Crippen LogP contribution in [0.3, 0.4) is 0 Å². The molecule has 1 heterocycles. The summed E-state index contributed by atoms with van der Waals surface area (Å²) in [6.07, 6.45) is 0. The smallest absolute Gasteiger partial charge is 0.336 e. The van der Waals surface area contributed by atoms with E-state index in [0.29, 0.717) is 16.7 Å². The highest BCUT2D eigenvalue weighted by Gasteiger charge is 2.19. The van der Waals surface area contributed by atoms with Crippen LogP contribution in [0.5, 0.6) is 34.5 Å². The van der Waals surface area contributed by atoms with E-state index >= 15 is 0 Å². The van der Waals surface area contributed by atoms with Crippen molar-refractivity contribution in [2.75, 3.05) is 19.8 Å². The van der Waals surface area contributed by atoms with E-state index in [-0.39, 0.29) is 90.6 Å². The molecule has 0 unspecified atom stereocenters. The maximum absolute atomic E-state index is 13.7. The SMILES string of the molecule is O=C(c1ccccc1)c1ccc(OCCn2c(=O)n(CCOc3ccc(C(=O)c4ccccc4)c(O)c3)c(=O)n(CCOc3ccc(C(=O)c4ccccc4)c(O)c3)c2=O)cc1O. The minimum absolute atomic E-state index is 0.0443. The first-order valence-corrected chi connectivity index (χ1v) is 19.6. The van der Waals surface area contributed by atoms with Gasteiger partial charge in [0.1, 0.15) is 54.3 Å². The number of nitrogens with zero attached hydrogens (tertiary/aromatic N) is 3. The molecule has 0 fully saturated rings. The Balaban J connectivity index is 1.08. The van der Waals surface area contributed by atoms with Gasteiger partial charge in [0.15, 0.2) is 17.3 Å². The van der Waals surface area contributed by atoms with Gasteiger partial charge >= 0.3 is 17.1 Å². The monoisotopic (exact) mass is 849 g/mol. The summed E-state index contributed by atoms with van der Waals surface area (Å²) in [5, 5.41) is 31.9. The van der Waals surface area contributed by atoms with Crippen LogP contribution in [-0.4, -0.2) is 66.2 Å². The summed E-state index contributed by atoms with van der Waals surface area (Å²) < 4.78 is 19.6. The summed E-state index contributed by atoms with van der Waals surface area (Å²) in [4.78, 5) is 79.9. The molecule has 0 bridgehead atoms. The maximum atomic E-state index is 13.7. The Morgan fingerprint density at radius 3 is 0.873 bits per heavy atom. The zero-order valence-electron chi connectivity index (χ0n) is 33.5. The van der Waals surface area contributed by atoms with E-state index < -0.39 is 34.4 Å². The van der Waals surface area contributed by atoms with E-state index in [1.165, 1.54) is 54.6 Å². The topological polar surface area (TPSA) is 206 Å². The van der Waals surface area contributed by atoms with Crippen molar-refractivity contribution < 1.29 is 43.9 Å². The number of ketones is 3. The number of carbonyl (C=O) groups excluding carboxylic acids is 3. The number of hydrogen-bond acceptors (Lipinski definition) is 12. The van der Waals surface area contributed by atoms with Crippen LogP contribution >= 0.6 is 0 Å². The first kappa shape index (κ1) is 42.7. The highest BCUT2D eigenvalue weighted by molar-refractivity contribution is 6.12. The van der Waals surface area contributed by atoms with Gasteiger partial charge < -0.3 is 29.5 Å². The van der Waals surface area contributed by atoms with E-state index in [9.17, 15) is 44.1 Å². The molecular weight excluding hydrogens is 811 g/mol. The van der Waals surface area contributed by atoms with Crippen LogP contribution < -0.4 is 31.3 Å². The predicted octanol–water partition coefficient (Wildman–Crippen LogP) is 5.22. The lowest BCUT2D eigenvalue weighted by atomic mass is 10.0. The number of phenolic OH excluding ortho intramolecular Hbond substituents is 3. The largest absolute Gasteiger partial charge is 0.507 e. The molecule has 15 nitrogen and oxygen atoms in total. The van der Waals surface area contributed by atoms with Crippen LogP contribution in [0.1, 0.15) is 47.8 Å². The Morgan fingerprint density at radius 2 is 0.635 bits per heavy atom. The van der Waals surface area contributed by atoms with Crippen LogP contribution in [0.2, 0.25) is 0 Å². The molecule has 0 aliphatic heterocycles. The number of phenols is 3. The average Bonchev–Trinajstić information content (AvgIpc) is 3.30. The fourth-order valence-electron chi connectivity index (χ4n) is 6.64. The fourth-order valence-corrected chi connectivity index (χ4v) is 6.64. The van der Waals surface area contributed by atoms with Crippen molar-refractivity contribution in [2.45, 2.75) is 19.6 Å². The quantitative estimate of drug-likeness (QED) is 0.0952. The molecule has 0 radical (unpaired) electrons. The van der Waals surface area contributed by atoms with Gasteiger partial charge in [-0.3, -0.25) is 14.4 Å². The van der Waals surface area contributed by atoms with E-state index in [1.807, 2.05) is 0 Å². The van der Waals surface area contributed by atoms with Crippen LogP contribution in [0.4, 0.5) is 0 Å². The first-order chi connectivity index (χ1) is 30.5. The lowest BCUT2D eigenvalue weighted by Gasteiger charge is -2.16. The van der Waals surface area contributed by atoms with Gasteiger partial charge in [0, 0.05) is 34.9 Å². The standard InChI is InChI=1S/C48H39N3O12/c52-40-28-34(16-19-37(40)43(55)31-10-4-1-5-11-31)61-25-22-49-46(58)50(23-26-62-35-17-20-38(41(53)29-35)44(56)32-12-6-2-7-13-32)48(60)51(47(49)59)24-27-63-36-18-21-39(42(54)30-36)45(57)33-14-8-3-9-15-33/h1-21,28-30,52-54H,22-27H2. The molecule has 1 aromatic heterocycles. The van der Waals surface area contributed by atoms with E-state index in [1.54, 1.807) is 91.0 Å². The highest BCUT2D eigenvalue weighted by atomic mass is 16.5. The minimum atomic E-state index is -0.976. The van der Waals surface area contributed by atoms with E-state index in [0.717, 1.165) is 13.7 Å². The normalized spacial score (nSPS) is 10.9. The van der Waals surface area contributed by atoms with Gasteiger partial charge in [-0.1, -0.05) is 91.0 Å². The Labute approximate surface area is 358 Å². The number of aromatic hydroxyl groups is 3. The van der Waals surface area contributed by atoms with Gasteiger partial charge in [0.2, 0.25) is 0 Å². The molecule has 0 atom stereocenters. The molecule has 0 aliphatic carbocycles. The van der Waals surface area contributed by atoms with Gasteiger partial charge in [-0.15, -0.1) is 0 Å². The van der Waals surface area contributed by atoms with Gasteiger partial charge in [-0.2, -0.15) is 0 Å². The van der Waals surface area contributed by atoms with Gasteiger partial charge in [-0.25, -0.2) is 28.1 Å². The minimum Gasteiger partial charge on any atom is -0.507 e. The Bertz CT molecular complexity index is 2630. The van der Waals surface area contributed by atoms with Crippen molar-refractivity contribution in [2.24, 2.45) is 0 Å². The number of rotatable bonds is 18. The van der Waals surface area contributed by atoms with Crippen molar-refractivity contribution in [1.29, 1.82) is 0 Å². The Kier molecular flexibility index (Phi) is 13.1. The molecule has 0 amide bonds. The fraction of sp³-hybridized carbons (Fsp3) is 0.125. The van der Waals surface area contributed by atoms with Crippen molar-refractivity contribution in [3.05, 3.63) is 210 Å². The number of carbonyl (C=O) groups is 3. The first-order valence-electron chi connectivity index (χ1n) is 19.6. The molecule has 318 valence electrons. The molecule has 0 aliphatic rings. The lowest BCUT2D eigenvalue weighted by Crippen LogP contribution is -2.55. The third kappa shape index (κ3) is 9.79. The molecule has 0 spiro atoms. The molecule has 15 heteroatoms. The van der Waals surface area contributed by atoms with Crippen LogP contribution in [0, 0.1) is 0 Å². The van der Waals surface area contributed by atoms with E-state index in [4.69, 9.17) is 14.2 Å². The third-order valence-corrected chi connectivity index (χ3v) is 9.89. The number of hydrogen-bond donors (Lipinski definition) is 3. The summed E-state index contributed by atoms with van der Waals surface area (Å²) in [6, 6.07) is 37.4. The van der Waals surface area contributed by atoms with Gasteiger partial charge in [-0.05, 0) is 36.4 Å². The highest BCUT2D eigenvalue weighted by Crippen LogP contribution is 2.28. The van der Waals surface area contributed by atoms with Gasteiger partial charge in [0.05, 0.1) is 36.3 Å². The second-order valence-corrected chi connectivity index (χ2v) is 14.0. The predicted molar refractivity (Wildman–Crippen MR) is 230 cm³/mol. The zero-order valence-corrected chi connectivity index (χ0v) is 33.5.